The fourth-order valence-electron chi connectivity index (χ4n) is 9.63. The first-order chi connectivity index (χ1) is 31.2. The maximum atomic E-state index is 2.44. The van der Waals surface area contributed by atoms with Crippen molar-refractivity contribution in [3.05, 3.63) is 249 Å². The van der Waals surface area contributed by atoms with Gasteiger partial charge in [0.2, 0.25) is 0 Å². The van der Waals surface area contributed by atoms with Gasteiger partial charge in [0.25, 0.3) is 0 Å². The summed E-state index contributed by atoms with van der Waals surface area (Å²) in [6, 6.07) is 91.2. The standard InChI is InChI=1S/C62H41N/c1-2-13-44(14-3-1)58-37-31-50(49-24-22-42-12-4-5-16-47(42)38-49)41-62(58)63(53-32-26-43(27-33-53)48-30-36-57-52(39-48)25-23-45-15-6-8-18-55(45)57)54-34-28-46(29-35-54)61-40-51-17-7-9-19-56(51)59-20-10-11-21-60(59)61/h1-41H. The number of benzene rings is 12. The van der Waals surface area contributed by atoms with E-state index in [4.69, 9.17) is 0 Å². The van der Waals surface area contributed by atoms with Crippen molar-refractivity contribution in [3.8, 4) is 44.5 Å². The van der Waals surface area contributed by atoms with Crippen molar-refractivity contribution in [1.82, 2.24) is 0 Å². The minimum Gasteiger partial charge on any atom is -0.310 e. The predicted molar refractivity (Wildman–Crippen MR) is 270 cm³/mol. The lowest BCUT2D eigenvalue weighted by molar-refractivity contribution is 1.28. The Morgan fingerprint density at radius 3 is 1.41 bits per heavy atom. The van der Waals surface area contributed by atoms with Gasteiger partial charge in [-0.15, -0.1) is 0 Å². The summed E-state index contributed by atoms with van der Waals surface area (Å²) in [4.78, 5) is 2.44. The molecule has 0 aliphatic rings. The van der Waals surface area contributed by atoms with Crippen LogP contribution in [0.4, 0.5) is 17.1 Å². The molecule has 294 valence electrons. The van der Waals surface area contributed by atoms with E-state index >= 15 is 0 Å². The Balaban J connectivity index is 1.02. The first-order valence-corrected chi connectivity index (χ1v) is 21.7. The highest BCUT2D eigenvalue weighted by atomic mass is 15.1. The van der Waals surface area contributed by atoms with Gasteiger partial charge in [-0.25, -0.2) is 0 Å². The molecule has 0 radical (unpaired) electrons. The molecule has 0 aliphatic heterocycles. The van der Waals surface area contributed by atoms with E-state index in [9.17, 15) is 0 Å². The van der Waals surface area contributed by atoms with Gasteiger partial charge in [0.1, 0.15) is 0 Å². The first kappa shape index (κ1) is 36.6. The van der Waals surface area contributed by atoms with Gasteiger partial charge in [0, 0.05) is 16.9 Å². The van der Waals surface area contributed by atoms with Crippen LogP contribution in [0.5, 0.6) is 0 Å². The summed E-state index contributed by atoms with van der Waals surface area (Å²) in [5.41, 5.74) is 12.8. The predicted octanol–water partition coefficient (Wildman–Crippen LogP) is 17.6. The van der Waals surface area contributed by atoms with Crippen LogP contribution in [0.1, 0.15) is 0 Å². The second kappa shape index (κ2) is 15.3. The van der Waals surface area contributed by atoms with E-state index < -0.39 is 0 Å². The van der Waals surface area contributed by atoms with E-state index in [0.717, 1.165) is 22.6 Å². The molecule has 0 bridgehead atoms. The number of fused-ring (bicyclic) bond motifs is 7. The van der Waals surface area contributed by atoms with Gasteiger partial charge in [-0.2, -0.15) is 0 Å². The molecule has 12 aromatic carbocycles. The molecule has 0 heterocycles. The number of rotatable bonds is 7. The summed E-state index contributed by atoms with van der Waals surface area (Å²) in [7, 11) is 0. The van der Waals surface area contributed by atoms with E-state index in [2.05, 4.69) is 254 Å². The third-order valence-corrected chi connectivity index (χ3v) is 12.8. The topological polar surface area (TPSA) is 3.24 Å². The van der Waals surface area contributed by atoms with Crippen molar-refractivity contribution in [2.75, 3.05) is 4.90 Å². The summed E-state index contributed by atoms with van der Waals surface area (Å²) in [5.74, 6) is 0. The molecular formula is C62H41N. The van der Waals surface area contributed by atoms with E-state index in [-0.39, 0.29) is 0 Å². The van der Waals surface area contributed by atoms with Crippen LogP contribution >= 0.6 is 0 Å². The molecule has 1 nitrogen and oxygen atoms in total. The summed E-state index contributed by atoms with van der Waals surface area (Å²) in [6.45, 7) is 0. The molecule has 0 saturated heterocycles. The molecule has 0 N–H and O–H groups in total. The number of nitrogens with zero attached hydrogens (tertiary/aromatic N) is 1. The van der Waals surface area contributed by atoms with Gasteiger partial charge < -0.3 is 4.90 Å². The maximum Gasteiger partial charge on any atom is 0.0546 e. The van der Waals surface area contributed by atoms with Gasteiger partial charge in [0.15, 0.2) is 0 Å². The third kappa shape index (κ3) is 6.59. The normalized spacial score (nSPS) is 11.5. The Bertz CT molecular complexity index is 3660. The molecule has 12 aromatic rings. The Hall–Kier alpha value is -8.26. The fraction of sp³-hybridized carbons (Fsp3) is 0. The largest absolute Gasteiger partial charge is 0.310 e. The van der Waals surface area contributed by atoms with Crippen LogP contribution in [-0.2, 0) is 0 Å². The Kier molecular flexibility index (Phi) is 8.90. The lowest BCUT2D eigenvalue weighted by atomic mass is 9.93. The van der Waals surface area contributed by atoms with Crippen molar-refractivity contribution in [2.45, 2.75) is 0 Å². The minimum absolute atomic E-state index is 1.09. The Labute approximate surface area is 367 Å². The highest BCUT2D eigenvalue weighted by molar-refractivity contribution is 6.14. The van der Waals surface area contributed by atoms with Gasteiger partial charge in [-0.05, 0) is 141 Å². The van der Waals surface area contributed by atoms with Crippen LogP contribution < -0.4 is 4.90 Å². The molecule has 0 aliphatic carbocycles. The van der Waals surface area contributed by atoms with Crippen molar-refractivity contribution < 1.29 is 0 Å². The van der Waals surface area contributed by atoms with Gasteiger partial charge in [-0.1, -0.05) is 200 Å². The molecule has 0 spiro atoms. The highest BCUT2D eigenvalue weighted by Gasteiger charge is 2.20. The van der Waals surface area contributed by atoms with E-state index in [1.54, 1.807) is 0 Å². The van der Waals surface area contributed by atoms with E-state index in [0.29, 0.717) is 0 Å². The molecule has 0 fully saturated rings. The molecule has 63 heavy (non-hydrogen) atoms. The summed E-state index contributed by atoms with van der Waals surface area (Å²) < 4.78 is 0. The van der Waals surface area contributed by atoms with Crippen LogP contribution in [0.2, 0.25) is 0 Å². The van der Waals surface area contributed by atoms with E-state index in [1.807, 2.05) is 0 Å². The van der Waals surface area contributed by atoms with Gasteiger partial charge >= 0.3 is 0 Å². The van der Waals surface area contributed by atoms with Crippen molar-refractivity contribution in [3.63, 3.8) is 0 Å². The number of hydrogen-bond donors (Lipinski definition) is 0. The van der Waals surface area contributed by atoms with Crippen molar-refractivity contribution in [2.24, 2.45) is 0 Å². The van der Waals surface area contributed by atoms with E-state index in [1.165, 1.54) is 92.8 Å². The zero-order chi connectivity index (χ0) is 41.7. The smallest absolute Gasteiger partial charge is 0.0546 e. The average molecular weight is 800 g/mol. The molecular weight excluding hydrogens is 759 g/mol. The van der Waals surface area contributed by atoms with Crippen LogP contribution in [0.15, 0.2) is 249 Å². The molecule has 1 heteroatoms. The first-order valence-electron chi connectivity index (χ1n) is 21.7. The van der Waals surface area contributed by atoms with Crippen LogP contribution in [0.3, 0.4) is 0 Å². The number of hydrogen-bond acceptors (Lipinski definition) is 1. The Morgan fingerprint density at radius 2 is 0.651 bits per heavy atom. The Morgan fingerprint density at radius 1 is 0.206 bits per heavy atom. The highest BCUT2D eigenvalue weighted by Crippen LogP contribution is 2.45. The summed E-state index contributed by atoms with van der Waals surface area (Å²) in [6.07, 6.45) is 0. The zero-order valence-electron chi connectivity index (χ0n) is 34.6. The molecule has 0 saturated carbocycles. The molecule has 12 rings (SSSR count). The molecule has 0 unspecified atom stereocenters. The van der Waals surface area contributed by atoms with Gasteiger partial charge in [0.05, 0.1) is 5.69 Å². The lowest BCUT2D eigenvalue weighted by Gasteiger charge is -2.29. The maximum absolute atomic E-state index is 2.44. The van der Waals surface area contributed by atoms with Crippen molar-refractivity contribution in [1.29, 1.82) is 0 Å². The minimum atomic E-state index is 1.09. The van der Waals surface area contributed by atoms with Crippen molar-refractivity contribution >= 4 is 70.9 Å². The monoisotopic (exact) mass is 799 g/mol. The fourth-order valence-corrected chi connectivity index (χ4v) is 9.63. The molecule has 0 atom stereocenters. The summed E-state index contributed by atoms with van der Waals surface area (Å²) in [5, 5.41) is 12.6. The number of anilines is 3. The average Bonchev–Trinajstić information content (AvgIpc) is 3.36. The second-order valence-electron chi connectivity index (χ2n) is 16.5. The van der Waals surface area contributed by atoms with Crippen LogP contribution in [0, 0.1) is 0 Å². The zero-order valence-corrected chi connectivity index (χ0v) is 34.6. The lowest BCUT2D eigenvalue weighted by Crippen LogP contribution is -2.11. The summed E-state index contributed by atoms with van der Waals surface area (Å²) >= 11 is 0. The molecule has 0 aromatic heterocycles. The SMILES string of the molecule is c1ccc(-c2ccc(-c3ccc4ccccc4c3)cc2N(c2ccc(-c3ccc4c(ccc5ccccc54)c3)cc2)c2ccc(-c3cc4ccccc4c4ccccc34)cc2)cc1. The van der Waals surface area contributed by atoms with Crippen LogP contribution in [0.25, 0.3) is 98.4 Å². The quantitative estimate of drug-likeness (QED) is 0.145. The third-order valence-electron chi connectivity index (χ3n) is 12.8. The van der Waals surface area contributed by atoms with Gasteiger partial charge in [-0.3, -0.25) is 0 Å². The second-order valence-corrected chi connectivity index (χ2v) is 16.5. The molecule has 0 amide bonds. The van der Waals surface area contributed by atoms with Crippen LogP contribution in [-0.4, -0.2) is 0 Å².